The van der Waals surface area contributed by atoms with Crippen molar-refractivity contribution in [1.82, 2.24) is 4.98 Å². The molecule has 1 aromatic carbocycles. The number of hydrogen-bond donors (Lipinski definition) is 2. The Morgan fingerprint density at radius 2 is 2.16 bits per heavy atom. The van der Waals surface area contributed by atoms with Crippen LogP contribution in [0, 0.1) is 5.92 Å². The van der Waals surface area contributed by atoms with Crippen LogP contribution in [0.2, 0.25) is 5.02 Å². The summed E-state index contributed by atoms with van der Waals surface area (Å²) in [6.07, 6.45) is 1.67. The van der Waals surface area contributed by atoms with Crippen LogP contribution >= 0.6 is 11.6 Å². The fraction of sp³-hybridized carbons (Fsp3) is 0.286. The Labute approximate surface area is 117 Å². The first-order valence-electron chi connectivity index (χ1n) is 6.09. The maximum absolute atomic E-state index is 12.0. The van der Waals surface area contributed by atoms with Gasteiger partial charge in [-0.3, -0.25) is 9.78 Å². The summed E-state index contributed by atoms with van der Waals surface area (Å²) in [5, 5.41) is 4.22. The number of halogens is 1. The number of fused-ring (bicyclic) bond motifs is 1. The number of hydrogen-bond acceptors (Lipinski definition) is 3. The smallest absolute Gasteiger partial charge is 0.241 e. The minimum Gasteiger partial charge on any atom is -0.323 e. The minimum absolute atomic E-state index is 0.0680. The molecule has 19 heavy (non-hydrogen) atoms. The van der Waals surface area contributed by atoms with Crippen molar-refractivity contribution in [3.8, 4) is 0 Å². The summed E-state index contributed by atoms with van der Waals surface area (Å²) >= 11 is 6.04. The van der Waals surface area contributed by atoms with E-state index in [1.165, 1.54) is 0 Å². The van der Waals surface area contributed by atoms with E-state index in [-0.39, 0.29) is 11.8 Å². The third-order valence-electron chi connectivity index (χ3n) is 2.95. The Kier molecular flexibility index (Phi) is 4.02. The second kappa shape index (κ2) is 5.55. The summed E-state index contributed by atoms with van der Waals surface area (Å²) in [7, 11) is 0. The minimum atomic E-state index is -0.558. The van der Waals surface area contributed by atoms with Gasteiger partial charge in [-0.1, -0.05) is 31.5 Å². The zero-order valence-corrected chi connectivity index (χ0v) is 11.6. The fourth-order valence-electron chi connectivity index (χ4n) is 1.77. The van der Waals surface area contributed by atoms with Crippen molar-refractivity contribution < 1.29 is 4.79 Å². The van der Waals surface area contributed by atoms with Crippen LogP contribution in [0.15, 0.2) is 30.5 Å². The Hall–Kier alpha value is -1.65. The third-order valence-corrected chi connectivity index (χ3v) is 3.17. The quantitative estimate of drug-likeness (QED) is 0.906. The average molecular weight is 278 g/mol. The van der Waals surface area contributed by atoms with Gasteiger partial charge in [0, 0.05) is 16.6 Å². The maximum atomic E-state index is 12.0. The molecule has 1 atom stereocenters. The molecular weight excluding hydrogens is 262 g/mol. The number of rotatable bonds is 3. The summed E-state index contributed by atoms with van der Waals surface area (Å²) in [6.45, 7) is 3.80. The van der Waals surface area contributed by atoms with Gasteiger partial charge in [-0.15, -0.1) is 0 Å². The Bertz CT molecular complexity index is 613. The highest BCUT2D eigenvalue weighted by atomic mass is 35.5. The third kappa shape index (κ3) is 3.03. The zero-order chi connectivity index (χ0) is 14.0. The van der Waals surface area contributed by atoms with Crippen molar-refractivity contribution in [2.24, 2.45) is 11.7 Å². The van der Waals surface area contributed by atoms with Crippen LogP contribution in [-0.2, 0) is 4.79 Å². The van der Waals surface area contributed by atoms with Crippen molar-refractivity contribution in [2.45, 2.75) is 19.9 Å². The first kappa shape index (κ1) is 13.8. The summed E-state index contributed by atoms with van der Waals surface area (Å²) in [5.41, 5.74) is 7.12. The Balaban J connectivity index is 2.37. The van der Waals surface area contributed by atoms with Crippen molar-refractivity contribution in [2.75, 3.05) is 5.32 Å². The number of nitrogens with two attached hydrogens (primary N) is 1. The average Bonchev–Trinajstić information content (AvgIpc) is 2.37. The molecule has 1 heterocycles. The number of aromatic nitrogens is 1. The first-order chi connectivity index (χ1) is 8.99. The van der Waals surface area contributed by atoms with Crippen LogP contribution in [-0.4, -0.2) is 16.9 Å². The molecule has 0 saturated carbocycles. The molecule has 1 unspecified atom stereocenters. The van der Waals surface area contributed by atoms with E-state index in [1.54, 1.807) is 12.3 Å². The molecule has 2 aromatic rings. The van der Waals surface area contributed by atoms with Crippen molar-refractivity contribution in [3.05, 3.63) is 35.5 Å². The second-order valence-electron chi connectivity index (χ2n) is 4.79. The summed E-state index contributed by atoms with van der Waals surface area (Å²) < 4.78 is 0. The van der Waals surface area contributed by atoms with Gasteiger partial charge < -0.3 is 11.1 Å². The summed E-state index contributed by atoms with van der Waals surface area (Å²) in [5.74, 6) is -0.164. The number of benzene rings is 1. The van der Waals surface area contributed by atoms with Crippen molar-refractivity contribution in [3.63, 3.8) is 0 Å². The molecule has 0 bridgehead atoms. The molecule has 0 spiro atoms. The lowest BCUT2D eigenvalue weighted by molar-refractivity contribution is -0.118. The van der Waals surface area contributed by atoms with Gasteiger partial charge in [0.25, 0.3) is 0 Å². The fourth-order valence-corrected chi connectivity index (χ4v) is 2.00. The highest BCUT2D eigenvalue weighted by Gasteiger charge is 2.18. The van der Waals surface area contributed by atoms with Crippen LogP contribution in [0.3, 0.4) is 0 Å². The normalized spacial score (nSPS) is 12.7. The van der Waals surface area contributed by atoms with Crippen LogP contribution in [0.5, 0.6) is 0 Å². The number of carbonyl (C=O) groups excluding carboxylic acids is 1. The molecule has 0 aliphatic carbocycles. The molecule has 1 amide bonds. The zero-order valence-electron chi connectivity index (χ0n) is 10.9. The molecule has 3 N–H and O–H groups in total. The molecule has 100 valence electrons. The molecule has 5 heteroatoms. The van der Waals surface area contributed by atoms with E-state index in [0.29, 0.717) is 16.2 Å². The maximum Gasteiger partial charge on any atom is 0.241 e. The molecule has 0 saturated heterocycles. The van der Waals surface area contributed by atoms with Crippen LogP contribution in [0.1, 0.15) is 13.8 Å². The molecule has 0 radical (unpaired) electrons. The highest BCUT2D eigenvalue weighted by molar-refractivity contribution is 6.32. The largest absolute Gasteiger partial charge is 0.323 e. The molecule has 0 aliphatic rings. The van der Waals surface area contributed by atoms with E-state index >= 15 is 0 Å². The monoisotopic (exact) mass is 277 g/mol. The van der Waals surface area contributed by atoms with Gasteiger partial charge in [-0.2, -0.15) is 0 Å². The van der Waals surface area contributed by atoms with Gasteiger partial charge in [-0.05, 0) is 24.1 Å². The molecule has 0 fully saturated rings. The number of carbonyl (C=O) groups is 1. The standard InChI is InChI=1S/C14H16ClN3O/c1-8(2)12(16)14(19)18-11-7-10(15)6-9-4-3-5-17-13(9)11/h3-8,12H,16H2,1-2H3,(H,18,19). The number of anilines is 1. The van der Waals surface area contributed by atoms with Crippen molar-refractivity contribution >= 4 is 34.1 Å². The Morgan fingerprint density at radius 3 is 2.84 bits per heavy atom. The van der Waals surface area contributed by atoms with E-state index in [4.69, 9.17) is 17.3 Å². The van der Waals surface area contributed by atoms with E-state index in [2.05, 4.69) is 10.3 Å². The number of amides is 1. The lowest BCUT2D eigenvalue weighted by Gasteiger charge is -2.16. The predicted molar refractivity (Wildman–Crippen MR) is 78.2 cm³/mol. The lowest BCUT2D eigenvalue weighted by Crippen LogP contribution is -2.39. The van der Waals surface area contributed by atoms with E-state index < -0.39 is 6.04 Å². The summed E-state index contributed by atoms with van der Waals surface area (Å²) in [4.78, 5) is 16.3. The van der Waals surface area contributed by atoms with E-state index in [9.17, 15) is 4.79 Å². The molecule has 1 aromatic heterocycles. The number of nitrogens with one attached hydrogen (secondary N) is 1. The number of pyridine rings is 1. The molecule has 2 rings (SSSR count). The topological polar surface area (TPSA) is 68.0 Å². The SMILES string of the molecule is CC(C)C(N)C(=O)Nc1cc(Cl)cc2cccnc12. The predicted octanol–water partition coefficient (Wildman–Crippen LogP) is 2.81. The Morgan fingerprint density at radius 1 is 1.42 bits per heavy atom. The molecule has 4 nitrogen and oxygen atoms in total. The van der Waals surface area contributed by atoms with Gasteiger partial charge >= 0.3 is 0 Å². The highest BCUT2D eigenvalue weighted by Crippen LogP contribution is 2.26. The molecule has 0 aliphatic heterocycles. The van der Waals surface area contributed by atoms with Gasteiger partial charge in [0.2, 0.25) is 5.91 Å². The van der Waals surface area contributed by atoms with Gasteiger partial charge in [0.15, 0.2) is 0 Å². The van der Waals surface area contributed by atoms with Crippen LogP contribution < -0.4 is 11.1 Å². The first-order valence-corrected chi connectivity index (χ1v) is 6.47. The van der Waals surface area contributed by atoms with Gasteiger partial charge in [-0.25, -0.2) is 0 Å². The van der Waals surface area contributed by atoms with Crippen LogP contribution in [0.4, 0.5) is 5.69 Å². The molecular formula is C14H16ClN3O. The number of nitrogens with zero attached hydrogens (tertiary/aromatic N) is 1. The van der Waals surface area contributed by atoms with E-state index in [0.717, 1.165) is 5.39 Å². The second-order valence-corrected chi connectivity index (χ2v) is 5.22. The van der Waals surface area contributed by atoms with Gasteiger partial charge in [0.05, 0.1) is 17.2 Å². The lowest BCUT2D eigenvalue weighted by atomic mass is 10.0. The van der Waals surface area contributed by atoms with Crippen molar-refractivity contribution in [1.29, 1.82) is 0 Å². The summed E-state index contributed by atoms with van der Waals surface area (Å²) in [6, 6.07) is 6.65. The van der Waals surface area contributed by atoms with Gasteiger partial charge in [0.1, 0.15) is 0 Å². The van der Waals surface area contributed by atoms with E-state index in [1.807, 2.05) is 32.0 Å². The van der Waals surface area contributed by atoms with Crippen LogP contribution in [0.25, 0.3) is 10.9 Å².